The minimum atomic E-state index is 0.213. The van der Waals surface area contributed by atoms with Crippen LogP contribution in [0.2, 0.25) is 0 Å². The van der Waals surface area contributed by atoms with Crippen LogP contribution in [-0.4, -0.2) is 32.5 Å². The summed E-state index contributed by atoms with van der Waals surface area (Å²) in [7, 11) is 2.09. The first kappa shape index (κ1) is 18.2. The van der Waals surface area contributed by atoms with Gasteiger partial charge in [-0.2, -0.15) is 0 Å². The number of pyridine rings is 1. The van der Waals surface area contributed by atoms with Crippen molar-refractivity contribution in [3.05, 3.63) is 59.5 Å². The molecule has 0 saturated carbocycles. The third-order valence-corrected chi connectivity index (χ3v) is 5.93. The zero-order valence-electron chi connectivity index (χ0n) is 16.9. The highest BCUT2D eigenvalue weighted by Gasteiger charge is 2.23. The maximum Gasteiger partial charge on any atom is 0.177 e. The Morgan fingerprint density at radius 3 is 2.56 bits per heavy atom. The predicted molar refractivity (Wildman–Crippen MR) is 111 cm³/mol. The second-order valence-electron chi connectivity index (χ2n) is 8.86. The fraction of sp³-hybridized carbons (Fsp3) is 0.478. The molecule has 1 saturated heterocycles. The summed E-state index contributed by atoms with van der Waals surface area (Å²) < 4.78 is 2.18. The zero-order valence-corrected chi connectivity index (χ0v) is 16.9. The van der Waals surface area contributed by atoms with Gasteiger partial charge in [0.25, 0.3) is 0 Å². The summed E-state index contributed by atoms with van der Waals surface area (Å²) >= 11 is 0. The molecule has 3 heterocycles. The molecule has 1 aliphatic heterocycles. The molecular weight excluding hydrogens is 332 g/mol. The third kappa shape index (κ3) is 3.77. The van der Waals surface area contributed by atoms with Crippen molar-refractivity contribution in [3.63, 3.8) is 0 Å². The summed E-state index contributed by atoms with van der Waals surface area (Å²) in [6.45, 7) is 10.0. The number of aromatic nitrogens is 3. The summed E-state index contributed by atoms with van der Waals surface area (Å²) in [5.74, 6) is 1.78. The van der Waals surface area contributed by atoms with E-state index in [9.17, 15) is 0 Å². The molecule has 0 unspecified atom stereocenters. The largest absolute Gasteiger partial charge is 0.329 e. The van der Waals surface area contributed by atoms with E-state index in [1.54, 1.807) is 0 Å². The van der Waals surface area contributed by atoms with Gasteiger partial charge in [-0.1, -0.05) is 45.0 Å². The van der Waals surface area contributed by atoms with Gasteiger partial charge in [-0.25, -0.2) is 9.97 Å². The zero-order chi connectivity index (χ0) is 19.0. The van der Waals surface area contributed by atoms with Crippen LogP contribution in [-0.2, 0) is 19.0 Å². The van der Waals surface area contributed by atoms with E-state index in [1.807, 2.05) is 12.3 Å². The Balaban J connectivity index is 1.42. The molecular formula is C23H30N4. The van der Waals surface area contributed by atoms with Gasteiger partial charge in [0.15, 0.2) is 5.65 Å². The Labute approximate surface area is 162 Å². The lowest BCUT2D eigenvalue weighted by Crippen LogP contribution is -2.33. The molecule has 0 atom stereocenters. The monoisotopic (exact) mass is 362 g/mol. The summed E-state index contributed by atoms with van der Waals surface area (Å²) in [6.07, 6.45) is 4.25. The Morgan fingerprint density at radius 2 is 1.85 bits per heavy atom. The van der Waals surface area contributed by atoms with Crippen molar-refractivity contribution in [1.29, 1.82) is 0 Å². The molecule has 2 aromatic heterocycles. The molecule has 4 rings (SSSR count). The molecule has 1 fully saturated rings. The maximum absolute atomic E-state index is 4.73. The number of likely N-dealkylation sites (tertiary alicyclic amines) is 1. The highest BCUT2D eigenvalue weighted by atomic mass is 15.2. The van der Waals surface area contributed by atoms with Crippen molar-refractivity contribution >= 4 is 11.2 Å². The number of hydrogen-bond acceptors (Lipinski definition) is 3. The topological polar surface area (TPSA) is 34.0 Å². The van der Waals surface area contributed by atoms with Crippen LogP contribution in [0.5, 0.6) is 0 Å². The molecule has 0 radical (unpaired) electrons. The fourth-order valence-corrected chi connectivity index (χ4v) is 4.10. The molecule has 0 spiro atoms. The van der Waals surface area contributed by atoms with E-state index < -0.39 is 0 Å². The van der Waals surface area contributed by atoms with Crippen LogP contribution in [0.1, 0.15) is 56.5 Å². The first-order valence-electron chi connectivity index (χ1n) is 10.0. The number of hydrogen-bond donors (Lipinski definition) is 0. The van der Waals surface area contributed by atoms with Crippen molar-refractivity contribution in [3.8, 4) is 0 Å². The van der Waals surface area contributed by atoms with E-state index in [-0.39, 0.29) is 5.41 Å². The molecule has 4 heteroatoms. The van der Waals surface area contributed by atoms with Crippen LogP contribution < -0.4 is 0 Å². The molecule has 3 aromatic rings. The molecule has 0 aliphatic carbocycles. The van der Waals surface area contributed by atoms with E-state index >= 15 is 0 Å². The van der Waals surface area contributed by atoms with Gasteiger partial charge in [0.2, 0.25) is 0 Å². The van der Waals surface area contributed by atoms with Crippen LogP contribution in [0.4, 0.5) is 0 Å². The van der Waals surface area contributed by atoms with E-state index in [4.69, 9.17) is 4.98 Å². The van der Waals surface area contributed by atoms with Gasteiger partial charge in [0.05, 0.1) is 12.1 Å². The lowest BCUT2D eigenvalue weighted by Gasteiger charge is -2.32. The van der Waals surface area contributed by atoms with Crippen LogP contribution in [0, 0.1) is 0 Å². The highest BCUT2D eigenvalue weighted by Crippen LogP contribution is 2.32. The van der Waals surface area contributed by atoms with Crippen molar-refractivity contribution in [2.24, 2.45) is 7.05 Å². The number of fused-ring (bicyclic) bond motifs is 1. The summed E-state index contributed by atoms with van der Waals surface area (Å²) in [5.41, 5.74) is 5.12. The van der Waals surface area contributed by atoms with Gasteiger partial charge in [0, 0.05) is 13.2 Å². The van der Waals surface area contributed by atoms with Gasteiger partial charge in [-0.3, -0.25) is 4.90 Å². The minimum absolute atomic E-state index is 0.213. The first-order valence-corrected chi connectivity index (χ1v) is 10.0. The van der Waals surface area contributed by atoms with Gasteiger partial charge in [-0.15, -0.1) is 0 Å². The fourth-order valence-electron chi connectivity index (χ4n) is 4.10. The summed E-state index contributed by atoms with van der Waals surface area (Å²) in [6, 6.07) is 13.3. The minimum Gasteiger partial charge on any atom is -0.329 e. The van der Waals surface area contributed by atoms with Gasteiger partial charge in [0.1, 0.15) is 5.82 Å². The second kappa shape index (κ2) is 7.08. The molecule has 0 amide bonds. The van der Waals surface area contributed by atoms with Crippen molar-refractivity contribution in [1.82, 2.24) is 19.4 Å². The number of nitrogens with zero attached hydrogens (tertiary/aromatic N) is 4. The predicted octanol–water partition coefficient (Wildman–Crippen LogP) is 4.65. The second-order valence-corrected chi connectivity index (χ2v) is 8.86. The van der Waals surface area contributed by atoms with E-state index in [0.29, 0.717) is 5.92 Å². The normalized spacial score (nSPS) is 16.9. The van der Waals surface area contributed by atoms with E-state index in [2.05, 4.69) is 72.6 Å². The lowest BCUT2D eigenvalue weighted by atomic mass is 9.82. The van der Waals surface area contributed by atoms with Gasteiger partial charge in [-0.05, 0) is 60.5 Å². The van der Waals surface area contributed by atoms with E-state index in [1.165, 1.54) is 24.0 Å². The van der Waals surface area contributed by atoms with E-state index in [0.717, 1.165) is 36.6 Å². The first-order chi connectivity index (χ1) is 12.9. The quantitative estimate of drug-likeness (QED) is 0.680. The number of aryl methyl sites for hydroxylation is 1. The Morgan fingerprint density at radius 1 is 1.07 bits per heavy atom. The smallest absolute Gasteiger partial charge is 0.177 e. The molecule has 142 valence electrons. The SMILES string of the molecule is Cn1c(CN2CCC(c3cccc(C(C)(C)C)c3)CC2)nc2ncccc21. The number of rotatable bonds is 3. The average Bonchev–Trinajstić information content (AvgIpc) is 2.98. The number of piperidine rings is 1. The van der Waals surface area contributed by atoms with Crippen molar-refractivity contribution in [2.45, 2.75) is 51.5 Å². The van der Waals surface area contributed by atoms with Gasteiger partial charge >= 0.3 is 0 Å². The summed E-state index contributed by atoms with van der Waals surface area (Å²) in [5, 5.41) is 0. The summed E-state index contributed by atoms with van der Waals surface area (Å²) in [4.78, 5) is 11.7. The van der Waals surface area contributed by atoms with Gasteiger partial charge < -0.3 is 4.57 Å². The molecule has 27 heavy (non-hydrogen) atoms. The molecule has 0 N–H and O–H groups in total. The average molecular weight is 363 g/mol. The number of benzene rings is 1. The Kier molecular flexibility index (Phi) is 4.77. The Hall–Kier alpha value is -2.20. The van der Waals surface area contributed by atoms with Crippen molar-refractivity contribution < 1.29 is 0 Å². The molecule has 1 aromatic carbocycles. The Bertz CT molecular complexity index is 927. The maximum atomic E-state index is 4.73. The van der Waals surface area contributed by atoms with Crippen LogP contribution in [0.3, 0.4) is 0 Å². The lowest BCUT2D eigenvalue weighted by molar-refractivity contribution is 0.199. The molecule has 4 nitrogen and oxygen atoms in total. The molecule has 1 aliphatic rings. The highest BCUT2D eigenvalue weighted by molar-refractivity contribution is 5.71. The van der Waals surface area contributed by atoms with Crippen LogP contribution in [0.25, 0.3) is 11.2 Å². The van der Waals surface area contributed by atoms with Crippen molar-refractivity contribution in [2.75, 3.05) is 13.1 Å². The standard InChI is InChI=1S/C23H30N4/c1-23(2,3)19-8-5-7-18(15-19)17-10-13-27(14-11-17)16-21-25-22-20(26(21)4)9-6-12-24-22/h5-9,12,15,17H,10-11,13-14,16H2,1-4H3. The molecule has 0 bridgehead atoms. The number of imidazole rings is 1. The third-order valence-electron chi connectivity index (χ3n) is 5.93. The van der Waals surface area contributed by atoms with Crippen LogP contribution >= 0.6 is 0 Å². The van der Waals surface area contributed by atoms with Crippen LogP contribution in [0.15, 0.2) is 42.6 Å².